The zero-order valence-electron chi connectivity index (χ0n) is 9.54. The highest BCUT2D eigenvalue weighted by molar-refractivity contribution is 6.09. The Morgan fingerprint density at radius 2 is 1.78 bits per heavy atom. The van der Waals surface area contributed by atoms with Crippen molar-refractivity contribution in [3.8, 4) is 5.75 Å². The first-order valence-electron chi connectivity index (χ1n) is 5.14. The van der Waals surface area contributed by atoms with Gasteiger partial charge < -0.3 is 14.3 Å². The van der Waals surface area contributed by atoms with Crippen LogP contribution in [-0.2, 0) is 0 Å². The molecule has 0 aliphatic carbocycles. The predicted octanol–water partition coefficient (Wildman–Crippen LogP) is 2.22. The van der Waals surface area contributed by atoms with Crippen molar-refractivity contribution >= 4 is 11.8 Å². The first kappa shape index (κ1) is 11.9. The Labute approximate surface area is 103 Å². The Balaban J connectivity index is 2.38. The number of ether oxygens (including phenoxy) is 1. The lowest BCUT2D eigenvalue weighted by Gasteiger charge is -2.04. The fourth-order valence-electron chi connectivity index (χ4n) is 1.54. The third kappa shape index (κ3) is 2.10. The van der Waals surface area contributed by atoms with E-state index in [4.69, 9.17) is 14.3 Å². The van der Waals surface area contributed by atoms with Crippen LogP contribution < -0.4 is 4.74 Å². The van der Waals surface area contributed by atoms with Crippen LogP contribution in [0.5, 0.6) is 5.75 Å². The van der Waals surface area contributed by atoms with Crippen molar-refractivity contribution in [2.75, 3.05) is 7.11 Å². The van der Waals surface area contributed by atoms with Crippen LogP contribution in [0.2, 0.25) is 0 Å². The summed E-state index contributed by atoms with van der Waals surface area (Å²) in [7, 11) is 1.46. The average molecular weight is 246 g/mol. The van der Waals surface area contributed by atoms with Crippen molar-refractivity contribution in [1.29, 1.82) is 0 Å². The van der Waals surface area contributed by atoms with E-state index in [0.717, 1.165) is 0 Å². The molecule has 18 heavy (non-hydrogen) atoms. The number of benzene rings is 1. The van der Waals surface area contributed by atoms with Crippen molar-refractivity contribution < 1.29 is 23.8 Å². The van der Waals surface area contributed by atoms with E-state index in [1.54, 1.807) is 24.3 Å². The summed E-state index contributed by atoms with van der Waals surface area (Å²) in [6.45, 7) is 0. The third-order valence-electron chi connectivity index (χ3n) is 2.39. The van der Waals surface area contributed by atoms with Crippen LogP contribution in [0.25, 0.3) is 0 Å². The van der Waals surface area contributed by atoms with Crippen molar-refractivity contribution in [3.63, 3.8) is 0 Å². The fraction of sp³-hybridized carbons (Fsp3) is 0.0769. The molecule has 1 heterocycles. The minimum absolute atomic E-state index is 0.0306. The summed E-state index contributed by atoms with van der Waals surface area (Å²) in [4.78, 5) is 22.8. The third-order valence-corrected chi connectivity index (χ3v) is 2.39. The smallest absolute Gasteiger partial charge is 0.371 e. The molecule has 0 radical (unpaired) electrons. The fourth-order valence-corrected chi connectivity index (χ4v) is 1.54. The molecule has 5 heteroatoms. The lowest BCUT2D eigenvalue weighted by atomic mass is 10.1. The van der Waals surface area contributed by atoms with E-state index in [1.165, 1.54) is 19.2 Å². The van der Waals surface area contributed by atoms with Gasteiger partial charge in [0.1, 0.15) is 5.75 Å². The first-order chi connectivity index (χ1) is 8.63. The SMILES string of the molecule is COc1ccccc1C(=O)c1ccc(C(=O)O)o1. The van der Waals surface area contributed by atoms with Gasteiger partial charge in [0.2, 0.25) is 11.5 Å². The second-order valence-corrected chi connectivity index (χ2v) is 3.50. The minimum atomic E-state index is -1.21. The summed E-state index contributed by atoms with van der Waals surface area (Å²) >= 11 is 0. The lowest BCUT2D eigenvalue weighted by Crippen LogP contribution is -2.02. The molecule has 2 aromatic rings. The molecule has 2 rings (SSSR count). The highest BCUT2D eigenvalue weighted by Gasteiger charge is 2.19. The van der Waals surface area contributed by atoms with Crippen LogP contribution >= 0.6 is 0 Å². The van der Waals surface area contributed by atoms with E-state index in [0.29, 0.717) is 11.3 Å². The number of carboxylic acid groups (broad SMARTS) is 1. The molecule has 0 unspecified atom stereocenters. The van der Waals surface area contributed by atoms with Gasteiger partial charge in [0, 0.05) is 0 Å². The Hall–Kier alpha value is -2.56. The van der Waals surface area contributed by atoms with E-state index < -0.39 is 11.8 Å². The van der Waals surface area contributed by atoms with Crippen LogP contribution in [0.1, 0.15) is 26.7 Å². The van der Waals surface area contributed by atoms with Crippen molar-refractivity contribution in [2.45, 2.75) is 0 Å². The molecule has 1 aromatic carbocycles. The normalized spacial score (nSPS) is 10.1. The molecule has 0 saturated heterocycles. The minimum Gasteiger partial charge on any atom is -0.496 e. The number of methoxy groups -OCH3 is 1. The molecule has 92 valence electrons. The van der Waals surface area contributed by atoms with Crippen LogP contribution in [0.3, 0.4) is 0 Å². The molecule has 0 aliphatic rings. The van der Waals surface area contributed by atoms with E-state index in [-0.39, 0.29) is 11.5 Å². The van der Waals surface area contributed by atoms with Gasteiger partial charge in [-0.05, 0) is 24.3 Å². The number of hydrogen-bond acceptors (Lipinski definition) is 4. The number of furan rings is 1. The Morgan fingerprint density at radius 1 is 1.11 bits per heavy atom. The number of carbonyl (C=O) groups is 2. The van der Waals surface area contributed by atoms with Crippen LogP contribution in [-0.4, -0.2) is 24.0 Å². The number of para-hydroxylation sites is 1. The number of hydrogen-bond donors (Lipinski definition) is 1. The van der Waals surface area contributed by atoms with Gasteiger partial charge in [-0.25, -0.2) is 4.79 Å². The van der Waals surface area contributed by atoms with Gasteiger partial charge in [-0.1, -0.05) is 12.1 Å². The van der Waals surface area contributed by atoms with Gasteiger partial charge in [0.25, 0.3) is 0 Å². The van der Waals surface area contributed by atoms with Crippen LogP contribution in [0.4, 0.5) is 0 Å². The predicted molar refractivity (Wildman–Crippen MR) is 62.1 cm³/mol. The maximum atomic E-state index is 12.1. The molecule has 0 saturated carbocycles. The summed E-state index contributed by atoms with van der Waals surface area (Å²) in [5, 5.41) is 8.72. The highest BCUT2D eigenvalue weighted by atomic mass is 16.5. The second kappa shape index (κ2) is 4.75. The van der Waals surface area contributed by atoms with E-state index in [1.807, 2.05) is 0 Å². The molecule has 0 amide bonds. The monoisotopic (exact) mass is 246 g/mol. The summed E-state index contributed by atoms with van der Waals surface area (Å²) in [5.74, 6) is -1.52. The number of ketones is 1. The maximum absolute atomic E-state index is 12.1. The van der Waals surface area contributed by atoms with Gasteiger partial charge in [0.15, 0.2) is 5.76 Å². The number of carboxylic acids is 1. The van der Waals surface area contributed by atoms with E-state index >= 15 is 0 Å². The lowest BCUT2D eigenvalue weighted by molar-refractivity contribution is 0.0660. The molecule has 1 aromatic heterocycles. The van der Waals surface area contributed by atoms with Gasteiger partial charge in [-0.15, -0.1) is 0 Å². The van der Waals surface area contributed by atoms with Crippen molar-refractivity contribution in [1.82, 2.24) is 0 Å². The van der Waals surface area contributed by atoms with E-state index in [9.17, 15) is 9.59 Å². The van der Waals surface area contributed by atoms with Crippen molar-refractivity contribution in [3.05, 3.63) is 53.5 Å². The van der Waals surface area contributed by atoms with Crippen molar-refractivity contribution in [2.24, 2.45) is 0 Å². The molecule has 0 spiro atoms. The van der Waals surface area contributed by atoms with Gasteiger partial charge in [0.05, 0.1) is 12.7 Å². The van der Waals surface area contributed by atoms with E-state index in [2.05, 4.69) is 0 Å². The number of rotatable bonds is 4. The molecule has 0 atom stereocenters. The molecule has 1 N–H and O–H groups in total. The van der Waals surface area contributed by atoms with Gasteiger partial charge in [-0.3, -0.25) is 4.79 Å². The Kier molecular flexibility index (Phi) is 3.14. The zero-order valence-corrected chi connectivity index (χ0v) is 9.54. The summed E-state index contributed by atoms with van der Waals surface area (Å²) < 4.78 is 10.0. The Bertz CT molecular complexity index is 597. The molecule has 0 bridgehead atoms. The van der Waals surface area contributed by atoms with Gasteiger partial charge >= 0.3 is 5.97 Å². The zero-order chi connectivity index (χ0) is 13.1. The molecule has 0 fully saturated rings. The first-order valence-corrected chi connectivity index (χ1v) is 5.14. The Morgan fingerprint density at radius 3 is 2.39 bits per heavy atom. The number of aromatic carboxylic acids is 1. The summed E-state index contributed by atoms with van der Waals surface area (Å²) in [5.41, 5.74) is 0.325. The largest absolute Gasteiger partial charge is 0.496 e. The molecular formula is C13H10O5. The molecular weight excluding hydrogens is 236 g/mol. The van der Waals surface area contributed by atoms with Crippen LogP contribution in [0, 0.1) is 0 Å². The molecule has 5 nitrogen and oxygen atoms in total. The molecule has 0 aliphatic heterocycles. The standard InChI is InChI=1S/C13H10O5/c1-17-9-5-3-2-4-8(9)12(14)10-6-7-11(18-10)13(15)16/h2-7H,1H3,(H,15,16). The summed E-state index contributed by atoms with van der Waals surface area (Å²) in [6, 6.07) is 9.23. The topological polar surface area (TPSA) is 76.7 Å². The summed E-state index contributed by atoms with van der Waals surface area (Å²) in [6.07, 6.45) is 0. The quantitative estimate of drug-likeness (QED) is 0.837. The second-order valence-electron chi connectivity index (χ2n) is 3.50. The number of carbonyl (C=O) groups excluding carboxylic acids is 1. The van der Waals surface area contributed by atoms with Crippen LogP contribution in [0.15, 0.2) is 40.8 Å². The maximum Gasteiger partial charge on any atom is 0.371 e. The average Bonchev–Trinajstić information content (AvgIpc) is 2.87. The highest BCUT2D eigenvalue weighted by Crippen LogP contribution is 2.22. The van der Waals surface area contributed by atoms with Gasteiger partial charge in [-0.2, -0.15) is 0 Å².